The van der Waals surface area contributed by atoms with Crippen LogP contribution in [0.15, 0.2) is 30.6 Å². The summed E-state index contributed by atoms with van der Waals surface area (Å²) in [5.74, 6) is 0.844. The Hall–Kier alpha value is -1.03. The monoisotopic (exact) mass is 269 g/mol. The number of hydrogen-bond donors (Lipinski definition) is 2. The predicted molar refractivity (Wildman–Crippen MR) is 70.6 cm³/mol. The topological polar surface area (TPSA) is 40.7 Å². The Morgan fingerprint density at radius 2 is 2.24 bits per heavy atom. The van der Waals surface area contributed by atoms with E-state index in [0.717, 1.165) is 17.9 Å². The number of imidazole rings is 1. The van der Waals surface area contributed by atoms with Crippen LogP contribution in [-0.2, 0) is 0 Å². The molecule has 1 unspecified atom stereocenters. The molecule has 0 bridgehead atoms. The molecule has 0 radical (unpaired) electrons. The Balaban J connectivity index is 2.39. The summed E-state index contributed by atoms with van der Waals surface area (Å²) in [5.41, 5.74) is 0.966. The first kappa shape index (κ1) is 12.4. The zero-order valence-corrected chi connectivity index (χ0v) is 10.9. The summed E-state index contributed by atoms with van der Waals surface area (Å²) in [6.45, 7) is 2.87. The summed E-state index contributed by atoms with van der Waals surface area (Å²) in [4.78, 5) is 7.36. The molecule has 5 heteroatoms. The Morgan fingerprint density at radius 3 is 2.82 bits per heavy atom. The number of H-pyrrole nitrogens is 1. The number of rotatable bonds is 4. The lowest BCUT2D eigenvalue weighted by Gasteiger charge is -2.17. The van der Waals surface area contributed by atoms with E-state index in [1.54, 1.807) is 18.5 Å². The largest absolute Gasteiger partial charge is 0.347 e. The highest BCUT2D eigenvalue weighted by molar-refractivity contribution is 6.35. The molecule has 0 aliphatic heterocycles. The highest BCUT2D eigenvalue weighted by atomic mass is 35.5. The molecule has 0 saturated heterocycles. The van der Waals surface area contributed by atoms with Gasteiger partial charge in [-0.1, -0.05) is 36.2 Å². The molecule has 0 amide bonds. The number of aromatic nitrogens is 2. The standard InChI is InChI=1S/C12H13Cl2N3/c1-2-15-11(12-16-5-6-17-12)9-4-3-8(13)7-10(9)14/h3-7,11,15H,2H2,1H3,(H,16,17). The van der Waals surface area contributed by atoms with Crippen molar-refractivity contribution in [2.45, 2.75) is 13.0 Å². The van der Waals surface area contributed by atoms with Crippen molar-refractivity contribution >= 4 is 23.2 Å². The smallest absolute Gasteiger partial charge is 0.127 e. The van der Waals surface area contributed by atoms with Gasteiger partial charge >= 0.3 is 0 Å². The molecular weight excluding hydrogens is 257 g/mol. The van der Waals surface area contributed by atoms with Crippen molar-refractivity contribution in [2.24, 2.45) is 0 Å². The van der Waals surface area contributed by atoms with E-state index in [9.17, 15) is 0 Å². The van der Waals surface area contributed by atoms with Crippen molar-refractivity contribution in [1.29, 1.82) is 0 Å². The van der Waals surface area contributed by atoms with Crippen molar-refractivity contribution < 1.29 is 0 Å². The van der Waals surface area contributed by atoms with Gasteiger partial charge in [0.2, 0.25) is 0 Å². The van der Waals surface area contributed by atoms with Gasteiger partial charge in [0.15, 0.2) is 0 Å². The van der Waals surface area contributed by atoms with Crippen LogP contribution in [0.3, 0.4) is 0 Å². The molecule has 0 spiro atoms. The lowest BCUT2D eigenvalue weighted by Crippen LogP contribution is -2.23. The molecular formula is C12H13Cl2N3. The molecule has 2 N–H and O–H groups in total. The fourth-order valence-electron chi connectivity index (χ4n) is 1.73. The van der Waals surface area contributed by atoms with Gasteiger partial charge in [0, 0.05) is 22.4 Å². The van der Waals surface area contributed by atoms with E-state index < -0.39 is 0 Å². The Labute approximate surface area is 110 Å². The lowest BCUT2D eigenvalue weighted by molar-refractivity contribution is 0.604. The maximum absolute atomic E-state index is 6.21. The molecule has 0 fully saturated rings. The molecule has 0 aliphatic rings. The number of benzene rings is 1. The molecule has 1 aromatic heterocycles. The van der Waals surface area contributed by atoms with Crippen molar-refractivity contribution in [3.05, 3.63) is 52.0 Å². The first-order valence-electron chi connectivity index (χ1n) is 5.40. The van der Waals surface area contributed by atoms with Crippen molar-refractivity contribution in [3.8, 4) is 0 Å². The minimum absolute atomic E-state index is 0.0419. The molecule has 0 aliphatic carbocycles. The van der Waals surface area contributed by atoms with Gasteiger partial charge < -0.3 is 10.3 Å². The number of halogens is 2. The molecule has 17 heavy (non-hydrogen) atoms. The zero-order chi connectivity index (χ0) is 12.3. The molecule has 1 heterocycles. The quantitative estimate of drug-likeness (QED) is 0.893. The van der Waals surface area contributed by atoms with Gasteiger partial charge in [-0.2, -0.15) is 0 Å². The fraction of sp³-hybridized carbons (Fsp3) is 0.250. The molecule has 2 rings (SSSR count). The summed E-state index contributed by atoms with van der Waals surface area (Å²) in [6.07, 6.45) is 3.52. The first-order chi connectivity index (χ1) is 8.22. The summed E-state index contributed by atoms with van der Waals surface area (Å²) in [5, 5.41) is 4.61. The van der Waals surface area contributed by atoms with Crippen LogP contribution in [0.2, 0.25) is 10.0 Å². The van der Waals surface area contributed by atoms with Crippen LogP contribution < -0.4 is 5.32 Å². The van der Waals surface area contributed by atoms with Crippen LogP contribution in [0.25, 0.3) is 0 Å². The third-order valence-corrected chi connectivity index (χ3v) is 3.04. The first-order valence-corrected chi connectivity index (χ1v) is 6.15. The van der Waals surface area contributed by atoms with Gasteiger partial charge in [0.25, 0.3) is 0 Å². The summed E-state index contributed by atoms with van der Waals surface area (Å²) >= 11 is 12.1. The second-order valence-corrected chi connectivity index (χ2v) is 4.47. The minimum atomic E-state index is -0.0419. The van der Waals surface area contributed by atoms with Gasteiger partial charge in [0.05, 0.1) is 6.04 Å². The van der Waals surface area contributed by atoms with Gasteiger partial charge in [-0.3, -0.25) is 0 Å². The summed E-state index contributed by atoms with van der Waals surface area (Å²) < 4.78 is 0. The van der Waals surface area contributed by atoms with E-state index in [2.05, 4.69) is 15.3 Å². The van der Waals surface area contributed by atoms with Crippen LogP contribution in [0.5, 0.6) is 0 Å². The maximum atomic E-state index is 6.21. The molecule has 0 saturated carbocycles. The third-order valence-electron chi connectivity index (χ3n) is 2.47. The predicted octanol–water partition coefficient (Wildman–Crippen LogP) is 3.42. The van der Waals surface area contributed by atoms with Crippen LogP contribution in [0.1, 0.15) is 24.4 Å². The molecule has 90 valence electrons. The van der Waals surface area contributed by atoms with E-state index in [1.807, 2.05) is 19.1 Å². The normalized spacial score (nSPS) is 12.6. The van der Waals surface area contributed by atoms with Gasteiger partial charge in [0.1, 0.15) is 5.82 Å². The highest BCUT2D eigenvalue weighted by Gasteiger charge is 2.18. The van der Waals surface area contributed by atoms with Crippen LogP contribution in [0, 0.1) is 0 Å². The Morgan fingerprint density at radius 1 is 1.41 bits per heavy atom. The van der Waals surface area contributed by atoms with Crippen molar-refractivity contribution in [2.75, 3.05) is 6.54 Å². The summed E-state index contributed by atoms with van der Waals surface area (Å²) in [6, 6.07) is 5.45. The molecule has 1 atom stereocenters. The van der Waals surface area contributed by atoms with Crippen LogP contribution in [0.4, 0.5) is 0 Å². The number of aromatic amines is 1. The zero-order valence-electron chi connectivity index (χ0n) is 9.37. The third kappa shape index (κ3) is 2.80. The Kier molecular flexibility index (Phi) is 4.05. The molecule has 2 aromatic rings. The number of hydrogen-bond acceptors (Lipinski definition) is 2. The molecule has 3 nitrogen and oxygen atoms in total. The van der Waals surface area contributed by atoms with E-state index in [1.165, 1.54) is 0 Å². The van der Waals surface area contributed by atoms with E-state index in [0.29, 0.717) is 10.0 Å². The average Bonchev–Trinajstić information content (AvgIpc) is 2.80. The number of nitrogens with zero attached hydrogens (tertiary/aromatic N) is 1. The SMILES string of the molecule is CCNC(c1ncc[nH]1)c1ccc(Cl)cc1Cl. The van der Waals surface area contributed by atoms with Crippen molar-refractivity contribution in [3.63, 3.8) is 0 Å². The van der Waals surface area contributed by atoms with Gasteiger partial charge in [-0.05, 0) is 24.2 Å². The minimum Gasteiger partial charge on any atom is -0.347 e. The lowest BCUT2D eigenvalue weighted by atomic mass is 10.1. The average molecular weight is 270 g/mol. The second-order valence-electron chi connectivity index (χ2n) is 3.63. The second kappa shape index (κ2) is 5.54. The van der Waals surface area contributed by atoms with E-state index in [-0.39, 0.29) is 6.04 Å². The van der Waals surface area contributed by atoms with E-state index >= 15 is 0 Å². The maximum Gasteiger partial charge on any atom is 0.127 e. The number of nitrogens with one attached hydrogen (secondary N) is 2. The summed E-state index contributed by atoms with van der Waals surface area (Å²) in [7, 11) is 0. The van der Waals surface area contributed by atoms with E-state index in [4.69, 9.17) is 23.2 Å². The van der Waals surface area contributed by atoms with Gasteiger partial charge in [-0.15, -0.1) is 0 Å². The molecule has 1 aromatic carbocycles. The highest BCUT2D eigenvalue weighted by Crippen LogP contribution is 2.28. The fourth-order valence-corrected chi connectivity index (χ4v) is 2.25. The van der Waals surface area contributed by atoms with Crippen molar-refractivity contribution in [1.82, 2.24) is 15.3 Å². The van der Waals surface area contributed by atoms with Crippen LogP contribution in [-0.4, -0.2) is 16.5 Å². The van der Waals surface area contributed by atoms with Gasteiger partial charge in [-0.25, -0.2) is 4.98 Å². The Bertz CT molecular complexity index is 483. The van der Waals surface area contributed by atoms with Crippen LogP contribution >= 0.6 is 23.2 Å².